The van der Waals surface area contributed by atoms with Gasteiger partial charge in [-0.1, -0.05) is 18.2 Å². The van der Waals surface area contributed by atoms with Crippen LogP contribution in [0.3, 0.4) is 0 Å². The Morgan fingerprint density at radius 1 is 1.15 bits per heavy atom. The molecule has 3 heteroatoms. The van der Waals surface area contributed by atoms with E-state index in [0.717, 1.165) is 24.3 Å². The van der Waals surface area contributed by atoms with Crippen molar-refractivity contribution in [2.75, 3.05) is 6.54 Å². The van der Waals surface area contributed by atoms with Gasteiger partial charge in [0.1, 0.15) is 0 Å². The van der Waals surface area contributed by atoms with Crippen molar-refractivity contribution in [3.8, 4) is 0 Å². The lowest BCUT2D eigenvalue weighted by Gasteiger charge is -2.36. The second-order valence-corrected chi connectivity index (χ2v) is 6.57. The lowest BCUT2D eigenvalue weighted by Crippen LogP contribution is -2.37. The molecule has 1 heterocycles. The van der Waals surface area contributed by atoms with Crippen LogP contribution >= 0.6 is 0 Å². The summed E-state index contributed by atoms with van der Waals surface area (Å²) in [5, 5.41) is 9.78. The van der Waals surface area contributed by atoms with E-state index in [9.17, 15) is 0 Å². The molecular formula is C17H23N3. The van der Waals surface area contributed by atoms with Gasteiger partial charge in [-0.25, -0.2) is 0 Å². The van der Waals surface area contributed by atoms with Crippen molar-refractivity contribution in [3.63, 3.8) is 0 Å². The minimum atomic E-state index is 0.833. The number of rotatable bonds is 5. The van der Waals surface area contributed by atoms with Crippen LogP contribution in [0.1, 0.15) is 31.4 Å². The first-order valence-electron chi connectivity index (χ1n) is 7.95. The van der Waals surface area contributed by atoms with Crippen LogP contribution in [-0.2, 0) is 13.5 Å². The van der Waals surface area contributed by atoms with Crippen molar-refractivity contribution in [2.24, 2.45) is 18.9 Å². The molecule has 0 spiro atoms. The van der Waals surface area contributed by atoms with E-state index in [-0.39, 0.29) is 0 Å². The average molecular weight is 269 g/mol. The van der Waals surface area contributed by atoms with Crippen molar-refractivity contribution < 1.29 is 0 Å². The number of para-hydroxylation sites is 1. The van der Waals surface area contributed by atoms with Crippen LogP contribution in [0.5, 0.6) is 0 Å². The standard InChI is InChI=1S/C17H23N3/c1-20-17-5-3-2-4-15(17)16(19-20)10-12-6-7-13(12)11-18-14-8-9-14/h2-5,12-14,18H,6-11H2,1H3. The molecule has 2 unspecified atom stereocenters. The van der Waals surface area contributed by atoms with E-state index >= 15 is 0 Å². The van der Waals surface area contributed by atoms with E-state index in [2.05, 4.69) is 36.6 Å². The molecule has 0 amide bonds. The Morgan fingerprint density at radius 2 is 1.95 bits per heavy atom. The highest BCUT2D eigenvalue weighted by Gasteiger charge is 2.33. The summed E-state index contributed by atoms with van der Waals surface area (Å²) in [5.41, 5.74) is 2.55. The maximum atomic E-state index is 4.75. The molecule has 2 aliphatic rings. The summed E-state index contributed by atoms with van der Waals surface area (Å²) in [5.74, 6) is 1.70. The number of aryl methyl sites for hydroxylation is 1. The van der Waals surface area contributed by atoms with Crippen LogP contribution in [0.4, 0.5) is 0 Å². The van der Waals surface area contributed by atoms with Gasteiger partial charge in [-0.15, -0.1) is 0 Å². The number of fused-ring (bicyclic) bond motifs is 1. The van der Waals surface area contributed by atoms with Gasteiger partial charge in [0.15, 0.2) is 0 Å². The molecule has 20 heavy (non-hydrogen) atoms. The largest absolute Gasteiger partial charge is 0.314 e. The topological polar surface area (TPSA) is 29.9 Å². The van der Waals surface area contributed by atoms with Crippen molar-refractivity contribution in [2.45, 2.75) is 38.1 Å². The van der Waals surface area contributed by atoms with Gasteiger partial charge in [0.25, 0.3) is 0 Å². The van der Waals surface area contributed by atoms with Gasteiger partial charge >= 0.3 is 0 Å². The van der Waals surface area contributed by atoms with Crippen molar-refractivity contribution in [1.82, 2.24) is 15.1 Å². The quantitative estimate of drug-likeness (QED) is 0.904. The summed E-state index contributed by atoms with van der Waals surface area (Å²) in [4.78, 5) is 0. The molecule has 1 aromatic carbocycles. The van der Waals surface area contributed by atoms with Crippen molar-refractivity contribution in [3.05, 3.63) is 30.0 Å². The summed E-state index contributed by atoms with van der Waals surface area (Å²) >= 11 is 0. The molecular weight excluding hydrogens is 246 g/mol. The van der Waals surface area contributed by atoms with Crippen molar-refractivity contribution in [1.29, 1.82) is 0 Å². The number of nitrogens with one attached hydrogen (secondary N) is 1. The first-order valence-corrected chi connectivity index (χ1v) is 7.95. The lowest BCUT2D eigenvalue weighted by molar-refractivity contribution is 0.169. The van der Waals surface area contributed by atoms with E-state index in [1.165, 1.54) is 48.8 Å². The Labute approximate surface area is 120 Å². The third kappa shape index (κ3) is 2.24. The van der Waals surface area contributed by atoms with Crippen LogP contribution < -0.4 is 5.32 Å². The van der Waals surface area contributed by atoms with Gasteiger partial charge in [0.05, 0.1) is 11.2 Å². The van der Waals surface area contributed by atoms with E-state index < -0.39 is 0 Å². The average Bonchev–Trinajstić information content (AvgIpc) is 3.21. The summed E-state index contributed by atoms with van der Waals surface area (Å²) in [6.07, 6.45) is 6.71. The molecule has 2 fully saturated rings. The number of aromatic nitrogens is 2. The minimum absolute atomic E-state index is 0.833. The molecule has 1 N–H and O–H groups in total. The van der Waals surface area contributed by atoms with Gasteiger partial charge in [0.2, 0.25) is 0 Å². The lowest BCUT2D eigenvalue weighted by atomic mass is 9.71. The molecule has 106 valence electrons. The van der Waals surface area contributed by atoms with Crippen LogP contribution in [0.2, 0.25) is 0 Å². The van der Waals surface area contributed by atoms with E-state index in [1.807, 2.05) is 4.68 Å². The smallest absolute Gasteiger partial charge is 0.0706 e. The molecule has 0 radical (unpaired) electrons. The monoisotopic (exact) mass is 269 g/mol. The molecule has 2 aliphatic carbocycles. The van der Waals surface area contributed by atoms with Gasteiger partial charge in [0, 0.05) is 18.5 Å². The second kappa shape index (κ2) is 4.88. The van der Waals surface area contributed by atoms with Gasteiger partial charge in [-0.05, 0) is 56.6 Å². The zero-order valence-corrected chi connectivity index (χ0v) is 12.2. The number of hydrogen-bond donors (Lipinski definition) is 1. The minimum Gasteiger partial charge on any atom is -0.314 e. The number of benzene rings is 1. The van der Waals surface area contributed by atoms with Gasteiger partial charge < -0.3 is 5.32 Å². The third-order valence-corrected chi connectivity index (χ3v) is 5.11. The Morgan fingerprint density at radius 3 is 2.70 bits per heavy atom. The fourth-order valence-electron chi connectivity index (χ4n) is 3.47. The Kier molecular flexibility index (Phi) is 3.03. The maximum absolute atomic E-state index is 4.75. The summed E-state index contributed by atoms with van der Waals surface area (Å²) in [7, 11) is 2.05. The highest BCUT2D eigenvalue weighted by molar-refractivity contribution is 5.81. The molecule has 3 nitrogen and oxygen atoms in total. The summed E-state index contributed by atoms with van der Waals surface area (Å²) < 4.78 is 2.03. The van der Waals surface area contributed by atoms with Crippen LogP contribution in [0, 0.1) is 11.8 Å². The number of nitrogens with zero attached hydrogens (tertiary/aromatic N) is 2. The van der Waals surface area contributed by atoms with Gasteiger partial charge in [-0.3, -0.25) is 4.68 Å². The Bertz CT molecular complexity index is 612. The second-order valence-electron chi connectivity index (χ2n) is 6.57. The Hall–Kier alpha value is -1.35. The van der Waals surface area contributed by atoms with Crippen LogP contribution in [0.15, 0.2) is 24.3 Å². The molecule has 0 saturated heterocycles. The molecule has 0 bridgehead atoms. The molecule has 2 aromatic rings. The fraction of sp³-hybridized carbons (Fsp3) is 0.588. The highest BCUT2D eigenvalue weighted by Crippen LogP contribution is 2.37. The predicted octanol–water partition coefficient (Wildman–Crippen LogP) is 2.89. The van der Waals surface area contributed by atoms with Gasteiger partial charge in [-0.2, -0.15) is 5.10 Å². The third-order valence-electron chi connectivity index (χ3n) is 5.11. The first-order chi connectivity index (χ1) is 9.81. The zero-order valence-electron chi connectivity index (χ0n) is 12.2. The Balaban J connectivity index is 1.47. The fourth-order valence-corrected chi connectivity index (χ4v) is 3.47. The normalized spacial score (nSPS) is 25.9. The summed E-state index contributed by atoms with van der Waals surface area (Å²) in [6, 6.07) is 9.44. The molecule has 1 aromatic heterocycles. The van der Waals surface area contributed by atoms with Crippen LogP contribution in [-0.4, -0.2) is 22.4 Å². The van der Waals surface area contributed by atoms with Crippen LogP contribution in [0.25, 0.3) is 10.9 Å². The first kappa shape index (κ1) is 12.4. The molecule has 0 aliphatic heterocycles. The van der Waals surface area contributed by atoms with E-state index in [0.29, 0.717) is 0 Å². The molecule has 2 atom stereocenters. The predicted molar refractivity (Wildman–Crippen MR) is 81.7 cm³/mol. The van der Waals surface area contributed by atoms with E-state index in [1.54, 1.807) is 0 Å². The summed E-state index contributed by atoms with van der Waals surface area (Å²) in [6.45, 7) is 1.22. The SMILES string of the molecule is Cn1nc(CC2CCC2CNC2CC2)c2ccccc21. The zero-order chi connectivity index (χ0) is 13.5. The molecule has 4 rings (SSSR count). The maximum Gasteiger partial charge on any atom is 0.0706 e. The van der Waals surface area contributed by atoms with E-state index in [4.69, 9.17) is 5.10 Å². The number of hydrogen-bond acceptors (Lipinski definition) is 2. The highest BCUT2D eigenvalue weighted by atomic mass is 15.3. The molecule has 2 saturated carbocycles. The van der Waals surface area contributed by atoms with Crippen molar-refractivity contribution >= 4 is 10.9 Å².